The molecule has 110 valence electrons. The van der Waals surface area contributed by atoms with Gasteiger partial charge in [-0.2, -0.15) is 5.10 Å². The molecular formula is C14H18N6O. The summed E-state index contributed by atoms with van der Waals surface area (Å²) in [4.78, 5) is 22.2. The van der Waals surface area contributed by atoms with Gasteiger partial charge in [0.2, 0.25) is 5.95 Å². The van der Waals surface area contributed by atoms with Gasteiger partial charge in [-0.05, 0) is 18.9 Å². The van der Waals surface area contributed by atoms with Gasteiger partial charge in [-0.15, -0.1) is 0 Å². The summed E-state index contributed by atoms with van der Waals surface area (Å²) in [6.07, 6.45) is 6.77. The smallest absolute Gasteiger partial charge is 0.252 e. The lowest BCUT2D eigenvalue weighted by Gasteiger charge is -2.39. The van der Waals surface area contributed by atoms with Crippen molar-refractivity contribution < 1.29 is 4.79 Å². The van der Waals surface area contributed by atoms with Crippen LogP contribution in [-0.2, 0) is 5.41 Å². The van der Waals surface area contributed by atoms with Crippen LogP contribution in [0.5, 0.6) is 0 Å². The van der Waals surface area contributed by atoms with Gasteiger partial charge in [0.15, 0.2) is 0 Å². The first-order chi connectivity index (χ1) is 10.1. The molecule has 0 unspecified atom stereocenters. The highest BCUT2D eigenvalue weighted by atomic mass is 16.1. The van der Waals surface area contributed by atoms with Crippen molar-refractivity contribution in [3.63, 3.8) is 0 Å². The third-order valence-corrected chi connectivity index (χ3v) is 4.21. The van der Waals surface area contributed by atoms with Gasteiger partial charge in [0, 0.05) is 30.9 Å². The van der Waals surface area contributed by atoms with E-state index in [0.29, 0.717) is 5.56 Å². The molecular weight excluding hydrogens is 268 g/mol. The normalized spacial score (nSPS) is 17.7. The maximum atomic E-state index is 11.5. The minimum absolute atomic E-state index is 0.133. The van der Waals surface area contributed by atoms with E-state index in [2.05, 4.69) is 32.0 Å². The number of hydrogen-bond donors (Lipinski definition) is 2. The van der Waals surface area contributed by atoms with Gasteiger partial charge in [-0.1, -0.05) is 6.92 Å². The number of primary amides is 1. The van der Waals surface area contributed by atoms with Crippen molar-refractivity contribution in [2.75, 3.05) is 18.0 Å². The molecule has 0 saturated carbocycles. The summed E-state index contributed by atoms with van der Waals surface area (Å²) in [7, 11) is 0. The number of rotatable bonds is 3. The average molecular weight is 286 g/mol. The maximum Gasteiger partial charge on any atom is 0.252 e. The summed E-state index contributed by atoms with van der Waals surface area (Å²) in [6.45, 7) is 3.80. The number of nitrogens with two attached hydrogens (primary N) is 1. The largest absolute Gasteiger partial charge is 0.365 e. The fourth-order valence-corrected chi connectivity index (χ4v) is 2.84. The van der Waals surface area contributed by atoms with Crippen molar-refractivity contribution in [3.8, 4) is 0 Å². The van der Waals surface area contributed by atoms with Crippen LogP contribution in [0.15, 0.2) is 24.7 Å². The van der Waals surface area contributed by atoms with Crippen LogP contribution >= 0.6 is 0 Å². The molecule has 7 nitrogen and oxygen atoms in total. The molecule has 7 heteroatoms. The van der Waals surface area contributed by atoms with Gasteiger partial charge >= 0.3 is 0 Å². The Balaban J connectivity index is 1.78. The predicted molar refractivity (Wildman–Crippen MR) is 77.9 cm³/mol. The Morgan fingerprint density at radius 3 is 2.62 bits per heavy atom. The number of carbonyl (C=O) groups is 1. The van der Waals surface area contributed by atoms with Crippen LogP contribution < -0.4 is 10.6 Å². The summed E-state index contributed by atoms with van der Waals surface area (Å²) in [6, 6.07) is 1.81. The molecule has 0 radical (unpaired) electrons. The number of nitrogens with one attached hydrogen (secondary N) is 1. The van der Waals surface area contributed by atoms with E-state index in [-0.39, 0.29) is 5.41 Å². The second-order valence-corrected chi connectivity index (χ2v) is 5.62. The number of aromatic amines is 1. The molecule has 3 heterocycles. The van der Waals surface area contributed by atoms with Crippen molar-refractivity contribution >= 4 is 11.9 Å². The fraction of sp³-hybridized carbons (Fsp3) is 0.429. The number of nitrogens with zero attached hydrogens (tertiary/aromatic N) is 4. The van der Waals surface area contributed by atoms with Crippen molar-refractivity contribution in [3.05, 3.63) is 35.9 Å². The van der Waals surface area contributed by atoms with E-state index < -0.39 is 5.91 Å². The van der Waals surface area contributed by atoms with Gasteiger partial charge < -0.3 is 10.6 Å². The van der Waals surface area contributed by atoms with Gasteiger partial charge in [0.25, 0.3) is 5.91 Å². The first-order valence-electron chi connectivity index (χ1n) is 6.96. The molecule has 0 aromatic carbocycles. The number of anilines is 1. The second kappa shape index (κ2) is 5.16. The van der Waals surface area contributed by atoms with Crippen molar-refractivity contribution in [2.45, 2.75) is 25.2 Å². The molecule has 0 bridgehead atoms. The molecule has 21 heavy (non-hydrogen) atoms. The van der Waals surface area contributed by atoms with E-state index in [1.54, 1.807) is 18.5 Å². The number of H-pyrrole nitrogens is 1. The Bertz CT molecular complexity index is 630. The molecule has 3 rings (SSSR count). The lowest BCUT2D eigenvalue weighted by Crippen LogP contribution is -2.42. The maximum absolute atomic E-state index is 11.5. The highest BCUT2D eigenvalue weighted by molar-refractivity contribution is 5.94. The summed E-state index contributed by atoms with van der Waals surface area (Å²) < 4.78 is 0. The molecule has 1 aliphatic heterocycles. The van der Waals surface area contributed by atoms with E-state index in [9.17, 15) is 4.79 Å². The Hall–Kier alpha value is -2.44. The number of amides is 1. The molecule has 1 amide bonds. The topological polar surface area (TPSA) is 101 Å². The van der Waals surface area contributed by atoms with Crippen LogP contribution in [0.3, 0.4) is 0 Å². The molecule has 2 aromatic rings. The SMILES string of the molecule is CC1(c2[nH]ncc2C(N)=O)CCN(c2ncccn2)CC1. The van der Waals surface area contributed by atoms with Crippen molar-refractivity contribution in [1.82, 2.24) is 20.2 Å². The Morgan fingerprint density at radius 1 is 1.33 bits per heavy atom. The monoisotopic (exact) mass is 286 g/mol. The Labute approximate surface area is 122 Å². The minimum Gasteiger partial charge on any atom is -0.365 e. The second-order valence-electron chi connectivity index (χ2n) is 5.62. The van der Waals surface area contributed by atoms with Gasteiger partial charge in [-0.25, -0.2) is 9.97 Å². The van der Waals surface area contributed by atoms with Crippen molar-refractivity contribution in [1.29, 1.82) is 0 Å². The zero-order valence-corrected chi connectivity index (χ0v) is 11.9. The fourth-order valence-electron chi connectivity index (χ4n) is 2.84. The summed E-state index contributed by atoms with van der Waals surface area (Å²) >= 11 is 0. The Kier molecular flexibility index (Phi) is 3.32. The highest BCUT2D eigenvalue weighted by Crippen LogP contribution is 2.36. The number of piperidine rings is 1. The standard InChI is InChI=1S/C14H18N6O/c1-14(11-10(12(15)21)9-18-19-11)3-7-20(8-4-14)13-16-5-2-6-17-13/h2,5-6,9H,3-4,7-8H2,1H3,(H2,15,21)(H,18,19). The summed E-state index contributed by atoms with van der Waals surface area (Å²) in [5, 5.41) is 6.93. The van der Waals surface area contributed by atoms with Crippen molar-refractivity contribution in [2.24, 2.45) is 5.73 Å². The minimum atomic E-state index is -0.436. The molecule has 1 saturated heterocycles. The number of hydrogen-bond acceptors (Lipinski definition) is 5. The number of carbonyl (C=O) groups excluding carboxylic acids is 1. The number of aromatic nitrogens is 4. The van der Waals surface area contributed by atoms with Crippen LogP contribution in [0.1, 0.15) is 35.8 Å². The van der Waals surface area contributed by atoms with E-state index in [0.717, 1.165) is 37.6 Å². The molecule has 1 aliphatic rings. The zero-order valence-electron chi connectivity index (χ0n) is 11.9. The highest BCUT2D eigenvalue weighted by Gasteiger charge is 2.36. The molecule has 3 N–H and O–H groups in total. The third-order valence-electron chi connectivity index (χ3n) is 4.21. The predicted octanol–water partition coefficient (Wildman–Crippen LogP) is 0.857. The van der Waals surface area contributed by atoms with Crippen LogP contribution in [0.4, 0.5) is 5.95 Å². The lowest BCUT2D eigenvalue weighted by atomic mass is 9.76. The van der Waals surface area contributed by atoms with E-state index >= 15 is 0 Å². The molecule has 0 spiro atoms. The van der Waals surface area contributed by atoms with E-state index in [1.165, 1.54) is 6.20 Å². The quantitative estimate of drug-likeness (QED) is 0.871. The van der Waals surface area contributed by atoms with Gasteiger partial charge in [0.05, 0.1) is 17.5 Å². The Morgan fingerprint density at radius 2 is 2.00 bits per heavy atom. The first-order valence-corrected chi connectivity index (χ1v) is 6.96. The van der Waals surface area contributed by atoms with Crippen LogP contribution in [0, 0.1) is 0 Å². The molecule has 0 aliphatic carbocycles. The zero-order chi connectivity index (χ0) is 14.9. The van der Waals surface area contributed by atoms with Gasteiger partial charge in [-0.3, -0.25) is 9.89 Å². The molecule has 2 aromatic heterocycles. The third kappa shape index (κ3) is 2.46. The average Bonchev–Trinajstić information content (AvgIpc) is 2.99. The van der Waals surface area contributed by atoms with Gasteiger partial charge in [0.1, 0.15) is 0 Å². The summed E-state index contributed by atoms with van der Waals surface area (Å²) in [5.74, 6) is 0.313. The molecule has 1 fully saturated rings. The van der Waals surface area contributed by atoms with Crippen LogP contribution in [0.25, 0.3) is 0 Å². The first kappa shape index (κ1) is 13.5. The van der Waals surface area contributed by atoms with Crippen LogP contribution in [0.2, 0.25) is 0 Å². The lowest BCUT2D eigenvalue weighted by molar-refractivity contribution is 0.0997. The van der Waals surface area contributed by atoms with E-state index in [1.807, 2.05) is 0 Å². The van der Waals surface area contributed by atoms with E-state index in [4.69, 9.17) is 5.73 Å². The molecule has 0 atom stereocenters. The summed E-state index contributed by atoms with van der Waals surface area (Å²) in [5.41, 5.74) is 6.61. The van der Waals surface area contributed by atoms with Crippen LogP contribution in [-0.4, -0.2) is 39.2 Å².